The maximum absolute atomic E-state index is 13.7. The zero-order chi connectivity index (χ0) is 24.6. The fourth-order valence-electron chi connectivity index (χ4n) is 4.90. The molecule has 36 heavy (non-hydrogen) atoms. The van der Waals surface area contributed by atoms with Crippen molar-refractivity contribution in [3.63, 3.8) is 0 Å². The number of carbonyl (C=O) groups excluding carboxylic acids is 1. The van der Waals surface area contributed by atoms with Gasteiger partial charge in [-0.15, -0.1) is 0 Å². The van der Waals surface area contributed by atoms with Crippen LogP contribution < -0.4 is 25.4 Å². The summed E-state index contributed by atoms with van der Waals surface area (Å²) in [5.74, 6) is 2.78. The van der Waals surface area contributed by atoms with Gasteiger partial charge >= 0.3 is 0 Å². The van der Waals surface area contributed by atoms with Gasteiger partial charge in [0.05, 0.1) is 35.9 Å². The third-order valence-electron chi connectivity index (χ3n) is 6.47. The third kappa shape index (κ3) is 3.71. The van der Waals surface area contributed by atoms with E-state index in [0.29, 0.717) is 30.6 Å². The summed E-state index contributed by atoms with van der Waals surface area (Å²) in [5.41, 5.74) is 4.31. The molecule has 6 rings (SSSR count). The number of fused-ring (bicyclic) bond motifs is 3. The highest BCUT2D eigenvalue weighted by molar-refractivity contribution is 5.99. The first kappa shape index (κ1) is 22.0. The van der Waals surface area contributed by atoms with Crippen molar-refractivity contribution < 1.29 is 14.3 Å². The van der Waals surface area contributed by atoms with E-state index < -0.39 is 6.17 Å². The molecule has 3 N–H and O–H groups in total. The monoisotopic (exact) mass is 481 g/mol. The maximum Gasteiger partial charge on any atom is 0.255 e. The van der Waals surface area contributed by atoms with Crippen LogP contribution in [0, 0.1) is 0 Å². The number of hydrogen-bond donors (Lipinski definition) is 3. The molecule has 2 unspecified atom stereocenters. The van der Waals surface area contributed by atoms with E-state index in [4.69, 9.17) is 14.5 Å². The summed E-state index contributed by atoms with van der Waals surface area (Å²) in [6, 6.07) is 23.2. The number of hydrogen-bond acceptors (Lipinski definition) is 6. The molecule has 0 fully saturated rings. The Hall–Kier alpha value is -4.46. The molecule has 1 aromatic heterocycles. The lowest BCUT2D eigenvalue weighted by molar-refractivity contribution is -0.119. The predicted molar refractivity (Wildman–Crippen MR) is 138 cm³/mol. The van der Waals surface area contributed by atoms with Crippen molar-refractivity contribution in [1.29, 1.82) is 0 Å². The first-order valence-corrected chi connectivity index (χ1v) is 12.2. The Morgan fingerprint density at radius 3 is 2.14 bits per heavy atom. The van der Waals surface area contributed by atoms with Crippen molar-refractivity contribution >= 4 is 22.9 Å². The standard InChI is InChI=1S/C28H27N5O3/c1-3-35-19-13-9-17(10-14-19)24-23-26(32-28-29-21-7-5-6-8-22(21)33(24)28)30-25(31-27(23)34)18-11-15-20(16-12-18)36-4-2/h5-16,24-25,30H,3-4H2,1-2H3,(H,29,32)(H,31,34). The first-order valence-electron chi connectivity index (χ1n) is 12.2. The van der Waals surface area contributed by atoms with E-state index >= 15 is 0 Å². The van der Waals surface area contributed by atoms with E-state index in [9.17, 15) is 4.79 Å². The van der Waals surface area contributed by atoms with Gasteiger partial charge in [0.1, 0.15) is 23.5 Å². The molecular formula is C28H27N5O3. The van der Waals surface area contributed by atoms with E-state index in [2.05, 4.69) is 20.5 Å². The summed E-state index contributed by atoms with van der Waals surface area (Å²) in [6.45, 7) is 5.11. The molecule has 2 aliphatic rings. The van der Waals surface area contributed by atoms with Crippen molar-refractivity contribution in [3.8, 4) is 11.5 Å². The fourth-order valence-corrected chi connectivity index (χ4v) is 4.90. The van der Waals surface area contributed by atoms with Gasteiger partial charge in [-0.1, -0.05) is 36.4 Å². The van der Waals surface area contributed by atoms with Gasteiger partial charge in [-0.2, -0.15) is 0 Å². The van der Waals surface area contributed by atoms with E-state index in [-0.39, 0.29) is 11.9 Å². The Kier molecular flexibility index (Phi) is 5.48. The Bertz CT molecular complexity index is 1460. The van der Waals surface area contributed by atoms with Gasteiger partial charge in [0.2, 0.25) is 5.95 Å². The second-order valence-electron chi connectivity index (χ2n) is 8.67. The molecule has 0 saturated carbocycles. The minimum absolute atomic E-state index is 0.141. The molecule has 2 atom stereocenters. The lowest BCUT2D eigenvalue weighted by Crippen LogP contribution is -2.49. The fraction of sp³-hybridized carbons (Fsp3) is 0.214. The topological polar surface area (TPSA) is 89.4 Å². The van der Waals surface area contributed by atoms with Crippen LogP contribution in [0.4, 0.5) is 5.95 Å². The molecule has 1 amide bonds. The average molecular weight is 482 g/mol. The molecule has 2 aliphatic heterocycles. The average Bonchev–Trinajstić information content (AvgIpc) is 3.27. The van der Waals surface area contributed by atoms with Gasteiger partial charge in [0.15, 0.2) is 0 Å². The summed E-state index contributed by atoms with van der Waals surface area (Å²) in [7, 11) is 0. The van der Waals surface area contributed by atoms with Crippen molar-refractivity contribution in [3.05, 3.63) is 95.3 Å². The summed E-state index contributed by atoms with van der Waals surface area (Å²) in [6.07, 6.45) is -0.392. The second-order valence-corrected chi connectivity index (χ2v) is 8.67. The molecule has 3 heterocycles. The smallest absolute Gasteiger partial charge is 0.255 e. The lowest BCUT2D eigenvalue weighted by Gasteiger charge is -2.37. The predicted octanol–water partition coefficient (Wildman–Crippen LogP) is 4.48. The van der Waals surface area contributed by atoms with Gasteiger partial charge < -0.3 is 25.4 Å². The minimum Gasteiger partial charge on any atom is -0.494 e. The summed E-state index contributed by atoms with van der Waals surface area (Å²) < 4.78 is 13.3. The van der Waals surface area contributed by atoms with Crippen LogP contribution in [0.2, 0.25) is 0 Å². The van der Waals surface area contributed by atoms with Gasteiger partial charge in [0.25, 0.3) is 5.91 Å². The van der Waals surface area contributed by atoms with Crippen molar-refractivity contribution in [1.82, 2.24) is 20.2 Å². The molecule has 0 saturated heterocycles. The largest absolute Gasteiger partial charge is 0.494 e. The van der Waals surface area contributed by atoms with Crippen LogP contribution in [0.15, 0.2) is 84.2 Å². The van der Waals surface area contributed by atoms with Crippen molar-refractivity contribution in [2.45, 2.75) is 26.1 Å². The number of aromatic nitrogens is 2. The number of benzene rings is 3. The molecule has 0 radical (unpaired) electrons. The number of ether oxygens (including phenoxy) is 2. The molecule has 0 aliphatic carbocycles. The summed E-state index contributed by atoms with van der Waals surface area (Å²) >= 11 is 0. The minimum atomic E-state index is -0.392. The van der Waals surface area contributed by atoms with Crippen molar-refractivity contribution in [2.24, 2.45) is 0 Å². The molecule has 0 spiro atoms. The molecule has 182 valence electrons. The number of carbonyl (C=O) groups is 1. The van der Waals surface area contributed by atoms with Gasteiger partial charge in [-0.3, -0.25) is 9.36 Å². The van der Waals surface area contributed by atoms with Gasteiger partial charge in [-0.05, 0) is 61.4 Å². The number of nitrogens with one attached hydrogen (secondary N) is 3. The molecule has 0 bridgehead atoms. The van der Waals surface area contributed by atoms with E-state index in [1.165, 1.54) is 0 Å². The molecule has 3 aromatic carbocycles. The Morgan fingerprint density at radius 1 is 0.833 bits per heavy atom. The summed E-state index contributed by atoms with van der Waals surface area (Å²) in [4.78, 5) is 18.5. The normalized spacial score (nSPS) is 18.6. The van der Waals surface area contributed by atoms with E-state index in [1.54, 1.807) is 0 Å². The highest BCUT2D eigenvalue weighted by Gasteiger charge is 2.39. The first-order chi connectivity index (χ1) is 17.7. The SMILES string of the molecule is CCOc1ccc(C2NC(=O)C3=C(Nc4nc5ccccc5n4C3c3ccc(OCC)cc3)N2)cc1. The van der Waals surface area contributed by atoms with Crippen LogP contribution in [0.1, 0.15) is 37.2 Å². The quantitative estimate of drug-likeness (QED) is 0.376. The maximum atomic E-state index is 13.7. The zero-order valence-electron chi connectivity index (χ0n) is 20.1. The Balaban J connectivity index is 1.43. The highest BCUT2D eigenvalue weighted by Crippen LogP contribution is 2.40. The second kappa shape index (κ2) is 8.96. The van der Waals surface area contributed by atoms with E-state index in [0.717, 1.165) is 33.7 Å². The van der Waals surface area contributed by atoms with Crippen LogP contribution in [-0.4, -0.2) is 28.7 Å². The molecular weight excluding hydrogens is 454 g/mol. The Labute approximate surface area is 208 Å². The van der Waals surface area contributed by atoms with Crippen LogP contribution in [0.3, 0.4) is 0 Å². The number of rotatable bonds is 6. The molecule has 8 nitrogen and oxygen atoms in total. The van der Waals surface area contributed by atoms with Crippen LogP contribution in [-0.2, 0) is 4.79 Å². The number of para-hydroxylation sites is 2. The van der Waals surface area contributed by atoms with E-state index in [1.807, 2.05) is 86.6 Å². The Morgan fingerprint density at radius 2 is 1.47 bits per heavy atom. The molecule has 8 heteroatoms. The number of imidazole rings is 1. The van der Waals surface area contributed by atoms with Gasteiger partial charge in [-0.25, -0.2) is 4.98 Å². The number of nitrogens with zero attached hydrogens (tertiary/aromatic N) is 2. The van der Waals surface area contributed by atoms with Gasteiger partial charge in [0, 0.05) is 0 Å². The van der Waals surface area contributed by atoms with Crippen LogP contribution in [0.5, 0.6) is 11.5 Å². The number of anilines is 1. The third-order valence-corrected chi connectivity index (χ3v) is 6.47. The zero-order valence-corrected chi connectivity index (χ0v) is 20.1. The lowest BCUT2D eigenvalue weighted by atomic mass is 9.94. The summed E-state index contributed by atoms with van der Waals surface area (Å²) in [5, 5.41) is 10.0. The number of amides is 1. The highest BCUT2D eigenvalue weighted by atomic mass is 16.5. The van der Waals surface area contributed by atoms with Crippen molar-refractivity contribution in [2.75, 3.05) is 18.5 Å². The van der Waals surface area contributed by atoms with Crippen LogP contribution in [0.25, 0.3) is 11.0 Å². The molecule has 4 aromatic rings. The van der Waals surface area contributed by atoms with Crippen LogP contribution >= 0.6 is 0 Å².